The molecule has 0 atom stereocenters. The van der Waals surface area contributed by atoms with Crippen LogP contribution in [0.25, 0.3) is 6.08 Å². The summed E-state index contributed by atoms with van der Waals surface area (Å²) in [7, 11) is -3.96. The molecule has 1 saturated heterocycles. The van der Waals surface area contributed by atoms with Crippen LogP contribution >= 0.6 is 0 Å². The Morgan fingerprint density at radius 3 is 2.33 bits per heavy atom. The highest BCUT2D eigenvalue weighted by Gasteiger charge is 2.28. The van der Waals surface area contributed by atoms with Crippen LogP contribution in [0.1, 0.15) is 46.6 Å². The van der Waals surface area contributed by atoms with Crippen molar-refractivity contribution in [2.24, 2.45) is 0 Å². The molecular weight excluding hydrogens is 402 g/mol. The molecule has 1 aromatic carbocycles. The Bertz CT molecular complexity index is 872. The number of morpholine rings is 1. The number of benzene rings is 1. The fourth-order valence-corrected chi connectivity index (χ4v) is 4.36. The van der Waals surface area contributed by atoms with Gasteiger partial charge in [-0.2, -0.15) is 5.26 Å². The molecule has 1 aromatic rings. The van der Waals surface area contributed by atoms with Crippen LogP contribution in [0.4, 0.5) is 5.69 Å². The van der Waals surface area contributed by atoms with Crippen molar-refractivity contribution in [3.63, 3.8) is 0 Å². The highest BCUT2D eigenvalue weighted by atomic mass is 32.2. The van der Waals surface area contributed by atoms with Crippen LogP contribution in [-0.2, 0) is 19.5 Å². The molecule has 0 spiro atoms. The molecule has 166 valence electrons. The number of nitrogens with one attached hydrogen (secondary N) is 1. The highest BCUT2D eigenvalue weighted by molar-refractivity contribution is 7.93. The molecule has 1 heterocycles. The fraction of sp³-hybridized carbons (Fsp3) is 0.591. The predicted molar refractivity (Wildman–Crippen MR) is 120 cm³/mol. The number of allylic oxidation sites excluding steroid dienone is 1. The average molecular weight is 436 g/mol. The Morgan fingerprint density at radius 2 is 1.80 bits per heavy atom. The standard InChI is InChI=1S/C22H33N3O4S/c1-21(2,3)29-13-10-22(4,5)24-30(26,27)20(17-23)16-18-6-8-19(9-7-18)25-11-14-28-15-12-25/h6-9,16,24H,10-15H2,1-5H3. The maximum Gasteiger partial charge on any atom is 0.251 e. The van der Waals surface area contributed by atoms with Crippen molar-refractivity contribution in [2.45, 2.75) is 52.2 Å². The first-order chi connectivity index (χ1) is 13.9. The number of hydrogen-bond donors (Lipinski definition) is 1. The van der Waals surface area contributed by atoms with Gasteiger partial charge in [0.05, 0.1) is 18.8 Å². The van der Waals surface area contributed by atoms with E-state index in [1.165, 1.54) is 6.08 Å². The lowest BCUT2D eigenvalue weighted by Crippen LogP contribution is -2.44. The first-order valence-corrected chi connectivity index (χ1v) is 11.6. The summed E-state index contributed by atoms with van der Waals surface area (Å²) in [6.07, 6.45) is 1.88. The van der Waals surface area contributed by atoms with Gasteiger partial charge in [0.2, 0.25) is 0 Å². The summed E-state index contributed by atoms with van der Waals surface area (Å²) in [5, 5.41) is 9.48. The quantitative estimate of drug-likeness (QED) is 0.630. The van der Waals surface area contributed by atoms with Crippen LogP contribution in [0.15, 0.2) is 29.2 Å². The molecule has 1 aliphatic rings. The molecular formula is C22H33N3O4S. The highest BCUT2D eigenvalue weighted by Crippen LogP contribution is 2.21. The van der Waals surface area contributed by atoms with Crippen LogP contribution in [0.2, 0.25) is 0 Å². The first kappa shape index (κ1) is 24.4. The van der Waals surface area contributed by atoms with Crippen molar-refractivity contribution in [1.82, 2.24) is 4.72 Å². The Hall–Kier alpha value is -1.92. The van der Waals surface area contributed by atoms with Crippen molar-refractivity contribution in [2.75, 3.05) is 37.8 Å². The van der Waals surface area contributed by atoms with Gasteiger partial charge in [-0.15, -0.1) is 0 Å². The maximum atomic E-state index is 12.8. The Morgan fingerprint density at radius 1 is 1.20 bits per heavy atom. The largest absolute Gasteiger partial charge is 0.378 e. The number of ether oxygens (including phenoxy) is 2. The molecule has 7 nitrogen and oxygen atoms in total. The van der Waals surface area contributed by atoms with Gasteiger partial charge < -0.3 is 14.4 Å². The zero-order valence-corrected chi connectivity index (χ0v) is 19.4. The van der Waals surface area contributed by atoms with Crippen molar-refractivity contribution < 1.29 is 17.9 Å². The molecule has 0 unspecified atom stereocenters. The molecule has 1 aliphatic heterocycles. The van der Waals surface area contributed by atoms with Gasteiger partial charge in [-0.1, -0.05) is 12.1 Å². The SMILES string of the molecule is CC(C)(CCOC(C)(C)C)NS(=O)(=O)C(C#N)=Cc1ccc(N2CCOCC2)cc1. The van der Waals surface area contributed by atoms with Crippen LogP contribution in [0.5, 0.6) is 0 Å². The zero-order valence-electron chi connectivity index (χ0n) is 18.6. The molecule has 0 amide bonds. The van der Waals surface area contributed by atoms with Crippen LogP contribution in [-0.4, -0.2) is 52.5 Å². The molecule has 1 fully saturated rings. The van der Waals surface area contributed by atoms with Crippen LogP contribution < -0.4 is 9.62 Å². The monoisotopic (exact) mass is 435 g/mol. The van der Waals surface area contributed by atoms with E-state index in [1.54, 1.807) is 13.8 Å². The van der Waals surface area contributed by atoms with Gasteiger partial charge in [0.15, 0.2) is 4.91 Å². The summed E-state index contributed by atoms with van der Waals surface area (Å²) in [5.41, 5.74) is 0.665. The number of nitrogens with zero attached hydrogens (tertiary/aromatic N) is 2. The minimum absolute atomic E-state index is 0.292. The van der Waals surface area contributed by atoms with Crippen molar-refractivity contribution >= 4 is 21.8 Å². The van der Waals surface area contributed by atoms with E-state index in [2.05, 4.69) is 9.62 Å². The third-order valence-corrected chi connectivity index (χ3v) is 6.25. The second kappa shape index (κ2) is 9.92. The van der Waals surface area contributed by atoms with E-state index in [-0.39, 0.29) is 10.5 Å². The zero-order chi connectivity index (χ0) is 22.4. The van der Waals surface area contributed by atoms with Crippen molar-refractivity contribution in [3.05, 3.63) is 34.7 Å². The van der Waals surface area contributed by atoms with Gasteiger partial charge in [-0.25, -0.2) is 13.1 Å². The number of anilines is 1. The van der Waals surface area contributed by atoms with E-state index in [9.17, 15) is 13.7 Å². The third-order valence-electron chi connectivity index (χ3n) is 4.64. The molecule has 0 radical (unpaired) electrons. The minimum atomic E-state index is -3.96. The molecule has 0 bridgehead atoms. The summed E-state index contributed by atoms with van der Waals surface area (Å²) in [6.45, 7) is 12.9. The topological polar surface area (TPSA) is 91.7 Å². The maximum absolute atomic E-state index is 12.8. The molecule has 0 saturated carbocycles. The van der Waals surface area contributed by atoms with E-state index in [0.29, 0.717) is 31.8 Å². The summed E-state index contributed by atoms with van der Waals surface area (Å²) in [6, 6.07) is 9.32. The number of hydrogen-bond acceptors (Lipinski definition) is 6. The van der Waals surface area contributed by atoms with Crippen LogP contribution in [0.3, 0.4) is 0 Å². The van der Waals surface area contributed by atoms with E-state index in [0.717, 1.165) is 18.8 Å². The predicted octanol–water partition coefficient (Wildman–Crippen LogP) is 3.29. The van der Waals surface area contributed by atoms with Gasteiger partial charge in [0, 0.05) is 30.9 Å². The van der Waals surface area contributed by atoms with E-state index >= 15 is 0 Å². The summed E-state index contributed by atoms with van der Waals surface area (Å²) in [5.74, 6) is 0. The average Bonchev–Trinajstić information content (AvgIpc) is 2.65. The molecule has 1 N–H and O–H groups in total. The molecule has 0 aromatic heterocycles. The summed E-state index contributed by atoms with van der Waals surface area (Å²) < 4.78 is 39.3. The third kappa shape index (κ3) is 7.73. The lowest BCUT2D eigenvalue weighted by molar-refractivity contribution is -0.0102. The van der Waals surface area contributed by atoms with Gasteiger partial charge >= 0.3 is 0 Å². The second-order valence-electron chi connectivity index (χ2n) is 9.01. The summed E-state index contributed by atoms with van der Waals surface area (Å²) in [4.78, 5) is 1.90. The van der Waals surface area contributed by atoms with Gasteiger partial charge in [-0.3, -0.25) is 0 Å². The van der Waals surface area contributed by atoms with Crippen molar-refractivity contribution in [1.29, 1.82) is 5.26 Å². The van der Waals surface area contributed by atoms with E-state index in [4.69, 9.17) is 9.47 Å². The number of rotatable bonds is 8. The number of nitriles is 1. The van der Waals surface area contributed by atoms with E-state index in [1.807, 2.05) is 51.1 Å². The van der Waals surface area contributed by atoms with E-state index < -0.39 is 15.6 Å². The van der Waals surface area contributed by atoms with Gasteiger partial charge in [-0.05, 0) is 64.8 Å². The number of sulfonamides is 1. The Kier molecular flexibility index (Phi) is 8.06. The van der Waals surface area contributed by atoms with Gasteiger partial charge in [0.1, 0.15) is 6.07 Å². The molecule has 0 aliphatic carbocycles. The lowest BCUT2D eigenvalue weighted by Gasteiger charge is -2.29. The summed E-state index contributed by atoms with van der Waals surface area (Å²) >= 11 is 0. The Labute approximate surface area is 180 Å². The lowest BCUT2D eigenvalue weighted by atomic mass is 10.0. The smallest absolute Gasteiger partial charge is 0.251 e. The minimum Gasteiger partial charge on any atom is -0.378 e. The first-order valence-electron chi connectivity index (χ1n) is 10.1. The Balaban J connectivity index is 2.08. The van der Waals surface area contributed by atoms with Crippen molar-refractivity contribution in [3.8, 4) is 6.07 Å². The second-order valence-corrected chi connectivity index (χ2v) is 10.7. The van der Waals surface area contributed by atoms with Crippen LogP contribution in [0, 0.1) is 11.3 Å². The molecule has 8 heteroatoms. The fourth-order valence-electron chi connectivity index (χ4n) is 3.01. The normalized spacial score (nSPS) is 16.4. The van der Waals surface area contributed by atoms with Gasteiger partial charge in [0.25, 0.3) is 10.0 Å². The molecule has 2 rings (SSSR count). The molecule has 30 heavy (non-hydrogen) atoms.